The van der Waals surface area contributed by atoms with Gasteiger partial charge in [-0.1, -0.05) is 17.7 Å². The Kier molecular flexibility index (Phi) is 5.73. The summed E-state index contributed by atoms with van der Waals surface area (Å²) in [4.78, 5) is 25.8. The molecule has 6 nitrogen and oxygen atoms in total. The number of H-pyrrole nitrogens is 1. The molecule has 29 heavy (non-hydrogen) atoms. The molecule has 2 aromatic carbocycles. The summed E-state index contributed by atoms with van der Waals surface area (Å²) in [6.07, 6.45) is -4.49. The summed E-state index contributed by atoms with van der Waals surface area (Å²) < 4.78 is 51.2. The number of nitrogens with zero attached hydrogens (tertiary/aromatic N) is 2. The molecule has 0 saturated heterocycles. The number of carbonyl (C=O) groups excluding carboxylic acids is 1. The molecule has 0 aliphatic heterocycles. The van der Waals surface area contributed by atoms with Crippen LogP contribution in [0.5, 0.6) is 0 Å². The molecular weight excluding hydrogens is 416 g/mol. The molecule has 0 bridgehead atoms. The van der Waals surface area contributed by atoms with Gasteiger partial charge >= 0.3 is 11.9 Å². The van der Waals surface area contributed by atoms with Crippen LogP contribution in [0, 0.1) is 0 Å². The van der Waals surface area contributed by atoms with E-state index in [2.05, 4.69) is 15.4 Å². The Bertz CT molecular complexity index is 1090. The maximum Gasteiger partial charge on any atom is 0.416 e. The first kappa shape index (κ1) is 20.6. The van der Waals surface area contributed by atoms with Crippen molar-refractivity contribution in [3.63, 3.8) is 0 Å². The quantitative estimate of drug-likeness (QED) is 0.611. The average molecular weight is 429 g/mol. The Morgan fingerprint density at radius 2 is 1.86 bits per heavy atom. The molecule has 1 amide bonds. The molecule has 3 aromatic rings. The fourth-order valence-electron chi connectivity index (χ4n) is 2.52. The predicted molar refractivity (Wildman–Crippen MR) is 97.5 cm³/mol. The number of benzene rings is 2. The zero-order valence-electron chi connectivity index (χ0n) is 14.6. The minimum atomic E-state index is -4.49. The number of hydrogen-bond acceptors (Lipinski definition) is 3. The molecule has 2 N–H and O–H groups in total. The summed E-state index contributed by atoms with van der Waals surface area (Å²) in [5.74, 6) is -0.694. The molecule has 0 spiro atoms. The van der Waals surface area contributed by atoms with Crippen molar-refractivity contribution in [3.05, 3.63) is 69.1 Å². The number of amides is 1. The van der Waals surface area contributed by atoms with Crippen molar-refractivity contribution in [2.45, 2.75) is 12.7 Å². The third-order valence-corrected chi connectivity index (χ3v) is 4.28. The average Bonchev–Trinajstić information content (AvgIpc) is 3.07. The van der Waals surface area contributed by atoms with E-state index in [-0.39, 0.29) is 23.1 Å². The SMILES string of the molecule is O=C(CF)NCc1ccc(Cl)c(-c2nn(-c3ccc(C(F)(F)F)cc3)c(=O)[nH]2)c1. The van der Waals surface area contributed by atoms with Crippen molar-refractivity contribution < 1.29 is 22.4 Å². The summed E-state index contributed by atoms with van der Waals surface area (Å²) >= 11 is 6.16. The Morgan fingerprint density at radius 1 is 1.17 bits per heavy atom. The van der Waals surface area contributed by atoms with Crippen LogP contribution in [0.25, 0.3) is 17.1 Å². The lowest BCUT2D eigenvalue weighted by Crippen LogP contribution is -2.23. The highest BCUT2D eigenvalue weighted by Crippen LogP contribution is 2.30. The number of nitrogens with one attached hydrogen (secondary N) is 2. The molecule has 0 radical (unpaired) electrons. The van der Waals surface area contributed by atoms with E-state index in [4.69, 9.17) is 11.6 Å². The first-order valence-electron chi connectivity index (χ1n) is 8.17. The minimum Gasteiger partial charge on any atom is -0.350 e. The fraction of sp³-hybridized carbons (Fsp3) is 0.167. The van der Waals surface area contributed by atoms with E-state index in [1.54, 1.807) is 12.1 Å². The van der Waals surface area contributed by atoms with Gasteiger partial charge < -0.3 is 5.32 Å². The molecule has 0 aliphatic rings. The van der Waals surface area contributed by atoms with Gasteiger partial charge in [-0.15, -0.1) is 5.10 Å². The number of alkyl halides is 4. The predicted octanol–water partition coefficient (Wildman–Crippen LogP) is 3.49. The smallest absolute Gasteiger partial charge is 0.350 e. The number of rotatable bonds is 5. The number of aromatic amines is 1. The minimum absolute atomic E-state index is 0.0385. The highest BCUT2D eigenvalue weighted by molar-refractivity contribution is 6.33. The second-order valence-corrected chi connectivity index (χ2v) is 6.37. The van der Waals surface area contributed by atoms with E-state index in [0.29, 0.717) is 11.1 Å². The van der Waals surface area contributed by atoms with Gasteiger partial charge in [0.1, 0.15) is 0 Å². The topological polar surface area (TPSA) is 79.8 Å². The summed E-state index contributed by atoms with van der Waals surface area (Å²) in [6.45, 7) is -1.11. The van der Waals surface area contributed by atoms with Gasteiger partial charge in [-0.2, -0.15) is 17.9 Å². The van der Waals surface area contributed by atoms with Crippen molar-refractivity contribution >= 4 is 17.5 Å². The summed E-state index contributed by atoms with van der Waals surface area (Å²) in [7, 11) is 0. The number of hydrogen-bond donors (Lipinski definition) is 2. The maximum absolute atomic E-state index is 12.7. The van der Waals surface area contributed by atoms with E-state index < -0.39 is 30.0 Å². The first-order chi connectivity index (χ1) is 13.7. The molecule has 0 saturated carbocycles. The van der Waals surface area contributed by atoms with Crippen LogP contribution in [0.3, 0.4) is 0 Å². The van der Waals surface area contributed by atoms with Gasteiger partial charge in [0.2, 0.25) is 0 Å². The van der Waals surface area contributed by atoms with Crippen molar-refractivity contribution in [1.29, 1.82) is 0 Å². The van der Waals surface area contributed by atoms with Gasteiger partial charge in [0.15, 0.2) is 12.5 Å². The molecular formula is C18H13ClF4N4O2. The highest BCUT2D eigenvalue weighted by atomic mass is 35.5. The van der Waals surface area contributed by atoms with Gasteiger partial charge in [-0.05, 0) is 42.0 Å². The molecule has 152 valence electrons. The van der Waals surface area contributed by atoms with Crippen LogP contribution in [-0.4, -0.2) is 27.3 Å². The largest absolute Gasteiger partial charge is 0.416 e. The van der Waals surface area contributed by atoms with Gasteiger partial charge in [0.25, 0.3) is 5.91 Å². The number of aromatic nitrogens is 3. The zero-order chi connectivity index (χ0) is 21.2. The normalized spacial score (nSPS) is 11.5. The van der Waals surface area contributed by atoms with Crippen molar-refractivity contribution in [2.24, 2.45) is 0 Å². The molecule has 1 aromatic heterocycles. The van der Waals surface area contributed by atoms with Gasteiger partial charge in [0, 0.05) is 12.1 Å². The summed E-state index contributed by atoms with van der Waals surface area (Å²) in [6, 6.07) is 8.61. The molecule has 1 heterocycles. The van der Waals surface area contributed by atoms with Crippen LogP contribution in [0.4, 0.5) is 17.6 Å². The van der Waals surface area contributed by atoms with Gasteiger partial charge in [0.05, 0.1) is 16.3 Å². The van der Waals surface area contributed by atoms with Gasteiger partial charge in [-0.25, -0.2) is 9.18 Å². The van der Waals surface area contributed by atoms with E-state index in [0.717, 1.165) is 28.9 Å². The molecule has 0 aliphatic carbocycles. The van der Waals surface area contributed by atoms with E-state index in [1.807, 2.05) is 0 Å². The number of halogens is 5. The standard InChI is InChI=1S/C18H13ClF4N4O2/c19-14-6-1-10(9-24-15(28)8-20)7-13(14)16-25-17(29)27(26-16)12-4-2-11(3-5-12)18(21,22)23/h1-7H,8-9H2,(H,24,28)(H,25,26,29). The lowest BCUT2D eigenvalue weighted by Gasteiger charge is -2.07. The van der Waals surface area contributed by atoms with Crippen LogP contribution in [-0.2, 0) is 17.5 Å². The second kappa shape index (κ2) is 8.08. The first-order valence-corrected chi connectivity index (χ1v) is 8.55. The molecule has 0 fully saturated rings. The Morgan fingerprint density at radius 3 is 2.48 bits per heavy atom. The number of carbonyl (C=O) groups is 1. The lowest BCUT2D eigenvalue weighted by atomic mass is 10.1. The van der Waals surface area contributed by atoms with E-state index in [1.165, 1.54) is 6.07 Å². The Labute approximate surface area is 166 Å². The van der Waals surface area contributed by atoms with Crippen molar-refractivity contribution in [2.75, 3.05) is 6.67 Å². The molecule has 11 heteroatoms. The zero-order valence-corrected chi connectivity index (χ0v) is 15.3. The highest BCUT2D eigenvalue weighted by Gasteiger charge is 2.30. The van der Waals surface area contributed by atoms with Crippen molar-refractivity contribution in [1.82, 2.24) is 20.1 Å². The molecule has 0 atom stereocenters. The summed E-state index contributed by atoms with van der Waals surface area (Å²) in [5.41, 5.74) is -0.478. The van der Waals surface area contributed by atoms with Crippen LogP contribution in [0.15, 0.2) is 47.3 Å². The van der Waals surface area contributed by atoms with E-state index in [9.17, 15) is 27.2 Å². The molecule has 0 unspecified atom stereocenters. The third kappa shape index (κ3) is 4.65. The van der Waals surface area contributed by atoms with Crippen LogP contribution < -0.4 is 11.0 Å². The van der Waals surface area contributed by atoms with Crippen LogP contribution >= 0.6 is 11.6 Å². The Hall–Kier alpha value is -3.14. The van der Waals surface area contributed by atoms with Crippen molar-refractivity contribution in [3.8, 4) is 17.1 Å². The van der Waals surface area contributed by atoms with Crippen LogP contribution in [0.2, 0.25) is 5.02 Å². The third-order valence-electron chi connectivity index (χ3n) is 3.95. The van der Waals surface area contributed by atoms with Gasteiger partial charge in [-0.3, -0.25) is 9.78 Å². The van der Waals surface area contributed by atoms with Crippen LogP contribution in [0.1, 0.15) is 11.1 Å². The van der Waals surface area contributed by atoms with E-state index >= 15 is 0 Å². The Balaban J connectivity index is 1.92. The fourth-order valence-corrected chi connectivity index (χ4v) is 2.73. The lowest BCUT2D eigenvalue weighted by molar-refractivity contribution is -0.137. The second-order valence-electron chi connectivity index (χ2n) is 5.96. The summed E-state index contributed by atoms with van der Waals surface area (Å²) in [5, 5.41) is 6.70. The monoisotopic (exact) mass is 428 g/mol. The molecule has 3 rings (SSSR count). The maximum atomic E-state index is 12.7.